The van der Waals surface area contributed by atoms with Crippen LogP contribution in [0.5, 0.6) is 0 Å². The summed E-state index contributed by atoms with van der Waals surface area (Å²) in [6.45, 7) is 0. The third kappa shape index (κ3) is 3.22. The number of hydrogen-bond acceptors (Lipinski definition) is 1. The molecule has 2 aromatic rings. The highest BCUT2D eigenvalue weighted by atomic mass is 79.9. The molecule has 20 heavy (non-hydrogen) atoms. The van der Waals surface area contributed by atoms with Crippen LogP contribution in [0.25, 0.3) is 0 Å². The first kappa shape index (κ1) is 15.1. The van der Waals surface area contributed by atoms with E-state index >= 15 is 0 Å². The van der Waals surface area contributed by atoms with E-state index in [4.69, 9.17) is 0 Å². The zero-order valence-corrected chi connectivity index (χ0v) is 12.3. The highest BCUT2D eigenvalue weighted by molar-refractivity contribution is 9.10. The first-order valence-electron chi connectivity index (χ1n) is 6.08. The largest absolute Gasteiger partial charge is 0.313 e. The van der Waals surface area contributed by atoms with Gasteiger partial charge < -0.3 is 5.32 Å². The van der Waals surface area contributed by atoms with Crippen molar-refractivity contribution >= 4 is 15.9 Å². The van der Waals surface area contributed by atoms with Gasteiger partial charge in [-0.3, -0.25) is 0 Å². The van der Waals surface area contributed by atoms with Gasteiger partial charge in [-0.2, -0.15) is 0 Å². The standard InChI is InChI=1S/C15H13BrF3N/c1-20-14(6-9-4-2-3-5-11(9)17)15-12(18)7-10(16)8-13(15)19/h2-5,7-8,14,20H,6H2,1H3. The number of likely N-dealkylation sites (N-methyl/N-ethyl adjacent to an activating group) is 1. The monoisotopic (exact) mass is 343 g/mol. The molecule has 0 saturated heterocycles. The van der Waals surface area contributed by atoms with Gasteiger partial charge in [0.25, 0.3) is 0 Å². The molecule has 1 unspecified atom stereocenters. The van der Waals surface area contributed by atoms with Gasteiger partial charge in [-0.05, 0) is 37.2 Å². The Morgan fingerprint density at radius 3 is 2.20 bits per heavy atom. The highest BCUT2D eigenvalue weighted by Crippen LogP contribution is 2.27. The number of benzene rings is 2. The Hall–Kier alpha value is -1.33. The lowest BCUT2D eigenvalue weighted by atomic mass is 9.97. The average molecular weight is 344 g/mol. The van der Waals surface area contributed by atoms with E-state index in [-0.39, 0.29) is 17.8 Å². The van der Waals surface area contributed by atoms with Crippen LogP contribution in [0.15, 0.2) is 40.9 Å². The van der Waals surface area contributed by atoms with E-state index in [1.165, 1.54) is 18.2 Å². The molecule has 2 rings (SSSR count). The summed E-state index contributed by atoms with van der Waals surface area (Å²) < 4.78 is 41.9. The number of rotatable bonds is 4. The van der Waals surface area contributed by atoms with Crippen LogP contribution in [0.3, 0.4) is 0 Å². The lowest BCUT2D eigenvalue weighted by molar-refractivity contribution is 0.481. The van der Waals surface area contributed by atoms with E-state index in [0.717, 1.165) is 0 Å². The Morgan fingerprint density at radius 2 is 1.65 bits per heavy atom. The molecule has 0 fully saturated rings. The van der Waals surface area contributed by atoms with Crippen molar-refractivity contribution in [2.75, 3.05) is 7.05 Å². The van der Waals surface area contributed by atoms with Gasteiger partial charge in [0.15, 0.2) is 0 Å². The minimum Gasteiger partial charge on any atom is -0.313 e. The van der Waals surface area contributed by atoms with Gasteiger partial charge in [0.2, 0.25) is 0 Å². The molecule has 0 aliphatic heterocycles. The minimum absolute atomic E-state index is 0.0843. The smallest absolute Gasteiger partial charge is 0.132 e. The predicted molar refractivity (Wildman–Crippen MR) is 76.0 cm³/mol. The van der Waals surface area contributed by atoms with Crippen molar-refractivity contribution in [3.63, 3.8) is 0 Å². The third-order valence-electron chi connectivity index (χ3n) is 3.12. The summed E-state index contributed by atoms with van der Waals surface area (Å²) in [5.74, 6) is -1.70. The Balaban J connectivity index is 2.37. The van der Waals surface area contributed by atoms with Crippen molar-refractivity contribution in [3.8, 4) is 0 Å². The van der Waals surface area contributed by atoms with Crippen LogP contribution < -0.4 is 5.32 Å². The molecule has 0 amide bonds. The fourth-order valence-corrected chi connectivity index (χ4v) is 2.52. The van der Waals surface area contributed by atoms with Crippen molar-refractivity contribution < 1.29 is 13.2 Å². The zero-order chi connectivity index (χ0) is 14.7. The van der Waals surface area contributed by atoms with Crippen molar-refractivity contribution in [1.82, 2.24) is 5.32 Å². The van der Waals surface area contributed by atoms with Crippen LogP contribution >= 0.6 is 15.9 Å². The van der Waals surface area contributed by atoms with Crippen LogP contribution in [0.2, 0.25) is 0 Å². The second kappa shape index (κ2) is 6.41. The van der Waals surface area contributed by atoms with Gasteiger partial charge in [-0.1, -0.05) is 34.1 Å². The molecule has 0 saturated carbocycles. The number of hydrogen-bond donors (Lipinski definition) is 1. The molecule has 2 aromatic carbocycles. The van der Waals surface area contributed by atoms with Gasteiger partial charge in [0.1, 0.15) is 17.5 Å². The maximum absolute atomic E-state index is 13.9. The first-order valence-corrected chi connectivity index (χ1v) is 6.87. The summed E-state index contributed by atoms with van der Waals surface area (Å²) in [6, 6.07) is 7.96. The quantitative estimate of drug-likeness (QED) is 0.869. The van der Waals surface area contributed by atoms with Gasteiger partial charge in [0.05, 0.1) is 0 Å². The molecular formula is C15H13BrF3N. The topological polar surface area (TPSA) is 12.0 Å². The molecule has 0 spiro atoms. The highest BCUT2D eigenvalue weighted by Gasteiger charge is 2.21. The molecule has 106 valence electrons. The molecule has 0 aliphatic rings. The Labute approximate surface area is 123 Å². The minimum atomic E-state index is -0.660. The Morgan fingerprint density at radius 1 is 1.05 bits per heavy atom. The van der Waals surface area contributed by atoms with Crippen molar-refractivity contribution in [3.05, 3.63) is 69.4 Å². The van der Waals surface area contributed by atoms with Crippen molar-refractivity contribution in [2.45, 2.75) is 12.5 Å². The summed E-state index contributed by atoms with van der Waals surface area (Å²) in [5.41, 5.74) is 0.326. The van der Waals surface area contributed by atoms with Gasteiger partial charge >= 0.3 is 0 Å². The molecule has 1 nitrogen and oxygen atoms in total. The fourth-order valence-electron chi connectivity index (χ4n) is 2.12. The van der Waals surface area contributed by atoms with Crippen LogP contribution in [0, 0.1) is 17.5 Å². The molecule has 0 radical (unpaired) electrons. The van der Waals surface area contributed by atoms with Crippen molar-refractivity contribution in [2.24, 2.45) is 0 Å². The second-order valence-electron chi connectivity index (χ2n) is 4.42. The summed E-state index contributed by atoms with van der Waals surface area (Å²) in [4.78, 5) is 0. The molecule has 0 heterocycles. The fraction of sp³-hybridized carbons (Fsp3) is 0.200. The number of halogens is 4. The first-order chi connectivity index (χ1) is 9.52. The maximum atomic E-state index is 13.9. The van der Waals surface area contributed by atoms with Gasteiger partial charge in [-0.25, -0.2) is 13.2 Å². The number of nitrogens with one attached hydrogen (secondary N) is 1. The van der Waals surface area contributed by atoms with E-state index < -0.39 is 17.7 Å². The van der Waals surface area contributed by atoms with Gasteiger partial charge in [0, 0.05) is 16.1 Å². The Kier molecular flexibility index (Phi) is 4.83. The normalized spacial score (nSPS) is 12.4. The van der Waals surface area contributed by atoms with Crippen LogP contribution in [0.4, 0.5) is 13.2 Å². The molecule has 0 aliphatic carbocycles. The Bertz CT molecular complexity index is 593. The lowest BCUT2D eigenvalue weighted by Crippen LogP contribution is -2.22. The SMILES string of the molecule is CNC(Cc1ccccc1F)c1c(F)cc(Br)cc1F. The van der Waals surface area contributed by atoms with Crippen LogP contribution in [-0.4, -0.2) is 7.05 Å². The summed E-state index contributed by atoms with van der Waals surface area (Å²) in [6.07, 6.45) is 0.165. The maximum Gasteiger partial charge on any atom is 0.132 e. The predicted octanol–water partition coefficient (Wildman–Crippen LogP) is 4.37. The van der Waals surface area contributed by atoms with Crippen molar-refractivity contribution in [1.29, 1.82) is 0 Å². The summed E-state index contributed by atoms with van der Waals surface area (Å²) >= 11 is 3.04. The van der Waals surface area contributed by atoms with Crippen LogP contribution in [-0.2, 0) is 6.42 Å². The lowest BCUT2D eigenvalue weighted by Gasteiger charge is -2.19. The molecule has 0 aromatic heterocycles. The third-order valence-corrected chi connectivity index (χ3v) is 3.58. The van der Waals surface area contributed by atoms with E-state index in [1.807, 2.05) is 0 Å². The summed E-state index contributed by atoms with van der Waals surface area (Å²) in [5, 5.41) is 2.83. The second-order valence-corrected chi connectivity index (χ2v) is 5.34. The van der Waals surface area contributed by atoms with Crippen LogP contribution in [0.1, 0.15) is 17.2 Å². The van der Waals surface area contributed by atoms with E-state index in [1.54, 1.807) is 25.2 Å². The van der Waals surface area contributed by atoms with E-state index in [0.29, 0.717) is 10.0 Å². The molecule has 5 heteroatoms. The summed E-state index contributed by atoms with van der Waals surface area (Å²) in [7, 11) is 1.59. The van der Waals surface area contributed by atoms with E-state index in [2.05, 4.69) is 21.2 Å². The molecular weight excluding hydrogens is 331 g/mol. The molecule has 1 atom stereocenters. The van der Waals surface area contributed by atoms with E-state index in [9.17, 15) is 13.2 Å². The zero-order valence-electron chi connectivity index (χ0n) is 10.8. The van der Waals surface area contributed by atoms with Gasteiger partial charge in [-0.15, -0.1) is 0 Å². The molecule has 0 bridgehead atoms. The average Bonchev–Trinajstić information content (AvgIpc) is 2.38. The molecule has 1 N–H and O–H groups in total.